The molecule has 0 aromatic heterocycles. The quantitative estimate of drug-likeness (QED) is 0.252. The molecule has 7 rings (SSSR count). The third-order valence-electron chi connectivity index (χ3n) is 11.4. The summed E-state index contributed by atoms with van der Waals surface area (Å²) in [7, 11) is 0. The molecule has 2 aliphatic heterocycles. The first kappa shape index (κ1) is 30.0. The maximum Gasteiger partial charge on any atom is 0.338 e. The number of benzene rings is 2. The molecule has 13 atom stereocenters. The molecule has 3 aliphatic carbocycles. The van der Waals surface area contributed by atoms with Gasteiger partial charge in [0.2, 0.25) is 0 Å². The Kier molecular flexibility index (Phi) is 6.59. The van der Waals surface area contributed by atoms with Gasteiger partial charge in [-0.15, -0.1) is 0 Å². The van der Waals surface area contributed by atoms with Crippen LogP contribution in [-0.4, -0.2) is 84.9 Å². The fraction of sp³-hybridized carbons (Fsp3) is 0.559. The lowest BCUT2D eigenvalue weighted by Gasteiger charge is -2.61. The van der Waals surface area contributed by atoms with Crippen LogP contribution in [0.4, 0.5) is 0 Å². The van der Waals surface area contributed by atoms with Crippen molar-refractivity contribution in [2.24, 2.45) is 23.7 Å². The number of aliphatic hydroxyl groups is 5. The molecule has 5 N–H and O–H groups in total. The zero-order chi connectivity index (χ0) is 31.4. The Morgan fingerprint density at radius 1 is 0.977 bits per heavy atom. The molecule has 1 unspecified atom stereocenters. The van der Waals surface area contributed by atoms with E-state index in [1.54, 1.807) is 37.3 Å². The van der Waals surface area contributed by atoms with Crippen molar-refractivity contribution in [2.75, 3.05) is 6.61 Å². The van der Waals surface area contributed by atoms with Crippen LogP contribution in [0.5, 0.6) is 0 Å². The Morgan fingerprint density at radius 2 is 1.61 bits per heavy atom. The highest BCUT2D eigenvalue weighted by Gasteiger charge is 2.85. The van der Waals surface area contributed by atoms with Gasteiger partial charge in [0.05, 0.1) is 23.4 Å². The molecule has 10 heteroatoms. The highest BCUT2D eigenvalue weighted by molar-refractivity contribution is 5.89. The second kappa shape index (κ2) is 9.67. The van der Waals surface area contributed by atoms with Crippen LogP contribution in [0.25, 0.3) is 0 Å². The van der Waals surface area contributed by atoms with E-state index >= 15 is 0 Å². The lowest BCUT2D eigenvalue weighted by molar-refractivity contribution is -0.446. The molecule has 44 heavy (non-hydrogen) atoms. The summed E-state index contributed by atoms with van der Waals surface area (Å²) in [5.74, 6) is -5.59. The third-order valence-corrected chi connectivity index (χ3v) is 11.4. The summed E-state index contributed by atoms with van der Waals surface area (Å²) in [5.41, 5.74) is -6.27. The minimum atomic E-state index is -2.64. The molecule has 0 spiro atoms. The highest BCUT2D eigenvalue weighted by atomic mass is 16.9. The molecule has 2 aromatic rings. The molecule has 5 aliphatic rings. The van der Waals surface area contributed by atoms with E-state index in [2.05, 4.69) is 6.58 Å². The van der Waals surface area contributed by atoms with Gasteiger partial charge in [0.25, 0.3) is 0 Å². The van der Waals surface area contributed by atoms with Gasteiger partial charge in [-0.2, -0.15) is 0 Å². The molecule has 236 valence electrons. The third kappa shape index (κ3) is 3.56. The zero-order valence-electron chi connectivity index (χ0n) is 25.0. The minimum absolute atomic E-state index is 0.200. The van der Waals surface area contributed by atoms with Gasteiger partial charge in [-0.05, 0) is 49.3 Å². The first-order valence-corrected chi connectivity index (χ1v) is 15.3. The molecule has 5 fully saturated rings. The fourth-order valence-corrected chi connectivity index (χ4v) is 9.25. The molecule has 0 amide bonds. The van der Waals surface area contributed by atoms with E-state index in [1.165, 1.54) is 12.1 Å². The molecular formula is C34H40O10. The minimum Gasteiger partial charge on any atom is -0.459 e. The lowest BCUT2D eigenvalue weighted by Crippen LogP contribution is -2.73. The highest BCUT2D eigenvalue weighted by Crippen LogP contribution is 2.72. The first-order chi connectivity index (χ1) is 20.8. The van der Waals surface area contributed by atoms with E-state index in [9.17, 15) is 30.3 Å². The van der Waals surface area contributed by atoms with E-state index in [0.29, 0.717) is 17.6 Å². The number of carbonyl (C=O) groups excluding carboxylic acids is 1. The second-order valence-electron chi connectivity index (χ2n) is 13.7. The molecule has 2 aromatic carbocycles. The Bertz CT molecular complexity index is 1470. The Hall–Kier alpha value is -2.67. The molecule has 2 heterocycles. The first-order valence-electron chi connectivity index (χ1n) is 15.3. The van der Waals surface area contributed by atoms with Crippen LogP contribution in [0.2, 0.25) is 0 Å². The number of rotatable bonds is 5. The Morgan fingerprint density at radius 3 is 2.25 bits per heavy atom. The number of aliphatic hydroxyl groups excluding tert-OH is 3. The number of ether oxygens (including phenoxy) is 4. The van der Waals surface area contributed by atoms with Gasteiger partial charge >= 0.3 is 11.9 Å². The zero-order valence-corrected chi connectivity index (χ0v) is 25.0. The number of hydrogen-bond acceptors (Lipinski definition) is 10. The predicted molar refractivity (Wildman–Crippen MR) is 155 cm³/mol. The van der Waals surface area contributed by atoms with E-state index in [0.717, 1.165) is 0 Å². The predicted octanol–water partition coefficient (Wildman–Crippen LogP) is 2.02. The van der Waals surface area contributed by atoms with Crippen LogP contribution in [0.15, 0.2) is 72.8 Å². The van der Waals surface area contributed by atoms with Crippen molar-refractivity contribution in [3.8, 4) is 0 Å². The van der Waals surface area contributed by atoms with Gasteiger partial charge in [0.1, 0.15) is 30.0 Å². The topological polar surface area (TPSA) is 155 Å². The van der Waals surface area contributed by atoms with Gasteiger partial charge in [0, 0.05) is 17.4 Å². The van der Waals surface area contributed by atoms with Gasteiger partial charge in [-0.3, -0.25) is 0 Å². The smallest absolute Gasteiger partial charge is 0.338 e. The van der Waals surface area contributed by atoms with Crippen LogP contribution >= 0.6 is 0 Å². The summed E-state index contributed by atoms with van der Waals surface area (Å²) in [6, 6.07) is 17.2. The van der Waals surface area contributed by atoms with Gasteiger partial charge < -0.3 is 44.5 Å². The van der Waals surface area contributed by atoms with Gasteiger partial charge in [0.15, 0.2) is 5.60 Å². The molecule has 2 saturated heterocycles. The van der Waals surface area contributed by atoms with Crippen LogP contribution in [-0.2, 0) is 24.9 Å². The largest absolute Gasteiger partial charge is 0.459 e. The Labute approximate surface area is 255 Å². The van der Waals surface area contributed by atoms with Crippen LogP contribution in [0.1, 0.15) is 49.5 Å². The van der Waals surface area contributed by atoms with Crippen molar-refractivity contribution in [1.82, 2.24) is 0 Å². The standard InChI is InChI=1S/C34H40O10/c1-18(2)31-16-20(4)33-23-15-19(3)25(35)32(23,40)29(38)30(39,17-41-28(37)21-11-7-5-8-12-21)26(36)24(33)27(31)42-34(43-31,44-33)22-13-9-6-10-14-22/h5-14,19-20,23-27,29,35-36,38-40H,1,15-17H2,2-4H3/t19-,20+,23+,24-,25-,26-,27+,29+,30+,31+,32+,33-,34?/m0/s1. The van der Waals surface area contributed by atoms with Crippen LogP contribution < -0.4 is 0 Å². The number of fused-ring (bicyclic) bond motifs is 2. The number of esters is 1. The van der Waals surface area contributed by atoms with E-state index < -0.39 is 89.0 Å². The van der Waals surface area contributed by atoms with Crippen LogP contribution in [0.3, 0.4) is 0 Å². The van der Waals surface area contributed by atoms with E-state index in [4.69, 9.17) is 18.9 Å². The average molecular weight is 609 g/mol. The molecule has 3 saturated carbocycles. The van der Waals surface area contributed by atoms with E-state index in [1.807, 2.05) is 32.0 Å². The summed E-state index contributed by atoms with van der Waals surface area (Å²) in [6.45, 7) is 8.85. The maximum absolute atomic E-state index is 13.0. The Balaban J connectivity index is 1.42. The van der Waals surface area contributed by atoms with Crippen molar-refractivity contribution < 1.29 is 49.3 Å². The summed E-state index contributed by atoms with van der Waals surface area (Å²) < 4.78 is 26.0. The molecule has 3 bridgehead atoms. The lowest BCUT2D eigenvalue weighted by atomic mass is 9.53. The number of hydrogen-bond donors (Lipinski definition) is 5. The van der Waals surface area contributed by atoms with Gasteiger partial charge in [-0.25, -0.2) is 4.79 Å². The summed E-state index contributed by atoms with van der Waals surface area (Å²) in [5, 5.41) is 60.8. The maximum atomic E-state index is 13.0. The summed E-state index contributed by atoms with van der Waals surface area (Å²) in [4.78, 5) is 13.0. The van der Waals surface area contributed by atoms with Crippen molar-refractivity contribution in [3.63, 3.8) is 0 Å². The van der Waals surface area contributed by atoms with E-state index in [-0.39, 0.29) is 12.0 Å². The SMILES string of the molecule is C=C(C)[C@]12C[C@@H](C)[C@@]34OC(c5ccccc5)(O[C@@H]1[C@@H]3[C@H](O)[C@](O)(COC(=O)c1ccccc1)[C@@H](O)[C@@]1(O)[C@H]4C[C@H](C)[C@@H]1O)O2. The monoisotopic (exact) mass is 608 g/mol. The van der Waals surface area contributed by atoms with Crippen molar-refractivity contribution >= 4 is 5.97 Å². The van der Waals surface area contributed by atoms with Crippen LogP contribution in [0, 0.1) is 23.7 Å². The average Bonchev–Trinajstić information content (AvgIpc) is 3.38. The molecular weight excluding hydrogens is 568 g/mol. The number of carbonyl (C=O) groups is 1. The van der Waals surface area contributed by atoms with Crippen molar-refractivity contribution in [3.05, 3.63) is 83.9 Å². The normalized spacial score (nSPS) is 48.7. The van der Waals surface area contributed by atoms with Gasteiger partial charge in [-0.1, -0.05) is 69.0 Å². The van der Waals surface area contributed by atoms with Crippen molar-refractivity contribution in [2.45, 2.75) is 86.4 Å². The summed E-state index contributed by atoms with van der Waals surface area (Å²) in [6.07, 6.45) is -5.89. The molecule has 10 nitrogen and oxygen atoms in total. The summed E-state index contributed by atoms with van der Waals surface area (Å²) >= 11 is 0. The van der Waals surface area contributed by atoms with Crippen molar-refractivity contribution in [1.29, 1.82) is 0 Å². The second-order valence-corrected chi connectivity index (χ2v) is 13.7. The molecule has 0 radical (unpaired) electrons. The fourth-order valence-electron chi connectivity index (χ4n) is 9.25.